The Morgan fingerprint density at radius 3 is 2.42 bits per heavy atom. The number of hydrogen-bond donors (Lipinski definition) is 2. The van der Waals surface area contributed by atoms with Crippen LogP contribution in [0.4, 0.5) is 0 Å². The molecule has 0 bridgehead atoms. The Kier molecular flexibility index (Phi) is 5.64. The van der Waals surface area contributed by atoms with Gasteiger partial charge in [-0.15, -0.1) is 0 Å². The molecule has 1 aliphatic carbocycles. The van der Waals surface area contributed by atoms with E-state index in [4.69, 9.17) is 4.74 Å². The second-order valence-corrected chi connectivity index (χ2v) is 5.98. The summed E-state index contributed by atoms with van der Waals surface area (Å²) in [4.78, 5) is 11.0. The molecule has 1 saturated carbocycles. The standard InChI is InChI=1S/C15H28N2O2/c1-3-14(15-5-4-10-19-15)17-13-8-6-12(7-9-13)16-11(2)18/h12-15,17H,3-10H2,1-2H3,(H,16,18)/t12?,13?,14-,15-/m1/s1. The number of ether oxygens (including phenoxy) is 1. The van der Waals surface area contributed by atoms with Gasteiger partial charge in [0.05, 0.1) is 6.10 Å². The van der Waals surface area contributed by atoms with Crippen LogP contribution in [0.25, 0.3) is 0 Å². The third kappa shape index (κ3) is 4.46. The molecule has 1 aliphatic heterocycles. The number of rotatable bonds is 5. The van der Waals surface area contributed by atoms with Crippen molar-refractivity contribution >= 4 is 5.91 Å². The maximum Gasteiger partial charge on any atom is 0.217 e. The summed E-state index contributed by atoms with van der Waals surface area (Å²) in [5.41, 5.74) is 0. The summed E-state index contributed by atoms with van der Waals surface area (Å²) in [6.45, 7) is 4.77. The van der Waals surface area contributed by atoms with Gasteiger partial charge < -0.3 is 15.4 Å². The van der Waals surface area contributed by atoms with Crippen LogP contribution < -0.4 is 10.6 Å². The van der Waals surface area contributed by atoms with Gasteiger partial charge in [-0.25, -0.2) is 0 Å². The smallest absolute Gasteiger partial charge is 0.217 e. The Morgan fingerprint density at radius 2 is 1.89 bits per heavy atom. The predicted molar refractivity (Wildman–Crippen MR) is 76.0 cm³/mol. The quantitative estimate of drug-likeness (QED) is 0.801. The third-order valence-electron chi connectivity index (χ3n) is 4.44. The van der Waals surface area contributed by atoms with E-state index in [0.29, 0.717) is 24.2 Å². The Balaban J connectivity index is 1.73. The molecular weight excluding hydrogens is 240 g/mol. The van der Waals surface area contributed by atoms with Gasteiger partial charge >= 0.3 is 0 Å². The van der Waals surface area contributed by atoms with E-state index in [1.165, 1.54) is 12.8 Å². The van der Waals surface area contributed by atoms with Crippen LogP contribution in [0.3, 0.4) is 0 Å². The van der Waals surface area contributed by atoms with Crippen LogP contribution in [0.5, 0.6) is 0 Å². The lowest BCUT2D eigenvalue weighted by atomic mass is 9.90. The fourth-order valence-corrected chi connectivity index (χ4v) is 3.40. The Labute approximate surface area is 116 Å². The van der Waals surface area contributed by atoms with Gasteiger partial charge in [-0.05, 0) is 44.9 Å². The van der Waals surface area contributed by atoms with Crippen molar-refractivity contribution in [2.45, 2.75) is 83.0 Å². The van der Waals surface area contributed by atoms with E-state index in [1.807, 2.05) is 0 Å². The van der Waals surface area contributed by atoms with E-state index in [1.54, 1.807) is 6.92 Å². The molecule has 0 unspecified atom stereocenters. The van der Waals surface area contributed by atoms with Crippen molar-refractivity contribution in [3.8, 4) is 0 Å². The molecule has 0 spiro atoms. The highest BCUT2D eigenvalue weighted by molar-refractivity contribution is 5.73. The van der Waals surface area contributed by atoms with Gasteiger partial charge in [0.25, 0.3) is 0 Å². The second kappa shape index (κ2) is 7.25. The van der Waals surface area contributed by atoms with Crippen LogP contribution in [0.1, 0.15) is 58.8 Å². The zero-order chi connectivity index (χ0) is 13.7. The molecule has 19 heavy (non-hydrogen) atoms. The minimum absolute atomic E-state index is 0.0993. The first-order chi connectivity index (χ1) is 9.19. The van der Waals surface area contributed by atoms with E-state index >= 15 is 0 Å². The van der Waals surface area contributed by atoms with Gasteiger partial charge in [-0.2, -0.15) is 0 Å². The Morgan fingerprint density at radius 1 is 1.21 bits per heavy atom. The minimum Gasteiger partial charge on any atom is -0.377 e. The highest BCUT2D eigenvalue weighted by Gasteiger charge is 2.28. The lowest BCUT2D eigenvalue weighted by Crippen LogP contribution is -2.48. The summed E-state index contributed by atoms with van der Waals surface area (Å²) in [7, 11) is 0. The van der Waals surface area contributed by atoms with E-state index in [2.05, 4.69) is 17.6 Å². The summed E-state index contributed by atoms with van der Waals surface area (Å²) in [5.74, 6) is 0.0993. The molecule has 0 radical (unpaired) electrons. The lowest BCUT2D eigenvalue weighted by Gasteiger charge is -2.34. The van der Waals surface area contributed by atoms with Crippen LogP contribution in [0, 0.1) is 0 Å². The van der Waals surface area contributed by atoms with E-state index in [-0.39, 0.29) is 5.91 Å². The summed E-state index contributed by atoms with van der Waals surface area (Å²) in [6, 6.07) is 1.49. The molecule has 2 N–H and O–H groups in total. The molecule has 1 heterocycles. The van der Waals surface area contributed by atoms with Crippen molar-refractivity contribution in [2.24, 2.45) is 0 Å². The van der Waals surface area contributed by atoms with Crippen molar-refractivity contribution in [1.29, 1.82) is 0 Å². The van der Waals surface area contributed by atoms with Crippen LogP contribution in [0.2, 0.25) is 0 Å². The summed E-state index contributed by atoms with van der Waals surface area (Å²) in [6.07, 6.45) is 8.47. The molecule has 2 fully saturated rings. The zero-order valence-corrected chi connectivity index (χ0v) is 12.3. The predicted octanol–water partition coefficient (Wildman–Crippen LogP) is 1.98. The number of carbonyl (C=O) groups excluding carboxylic acids is 1. The fraction of sp³-hybridized carbons (Fsp3) is 0.933. The third-order valence-corrected chi connectivity index (χ3v) is 4.44. The van der Waals surface area contributed by atoms with Gasteiger partial charge in [0.1, 0.15) is 0 Å². The average Bonchev–Trinajstić information content (AvgIpc) is 2.91. The molecule has 4 nitrogen and oxygen atoms in total. The number of hydrogen-bond acceptors (Lipinski definition) is 3. The van der Waals surface area contributed by atoms with Crippen molar-refractivity contribution in [3.05, 3.63) is 0 Å². The summed E-state index contributed by atoms with van der Waals surface area (Å²) in [5, 5.41) is 6.82. The molecule has 0 aromatic heterocycles. The highest BCUT2D eigenvalue weighted by atomic mass is 16.5. The minimum atomic E-state index is 0.0993. The molecule has 2 atom stereocenters. The fourth-order valence-electron chi connectivity index (χ4n) is 3.40. The molecular formula is C15H28N2O2. The Hall–Kier alpha value is -0.610. The topological polar surface area (TPSA) is 50.4 Å². The van der Waals surface area contributed by atoms with Crippen molar-refractivity contribution < 1.29 is 9.53 Å². The van der Waals surface area contributed by atoms with Crippen LogP contribution in [0.15, 0.2) is 0 Å². The molecule has 0 aromatic carbocycles. The molecule has 0 aromatic rings. The molecule has 4 heteroatoms. The average molecular weight is 268 g/mol. The van der Waals surface area contributed by atoms with Gasteiger partial charge in [0, 0.05) is 31.7 Å². The molecule has 1 saturated heterocycles. The monoisotopic (exact) mass is 268 g/mol. The van der Waals surface area contributed by atoms with E-state index in [9.17, 15) is 4.79 Å². The van der Waals surface area contributed by atoms with Crippen molar-refractivity contribution in [1.82, 2.24) is 10.6 Å². The molecule has 1 amide bonds. The summed E-state index contributed by atoms with van der Waals surface area (Å²) < 4.78 is 5.80. The molecule has 110 valence electrons. The lowest BCUT2D eigenvalue weighted by molar-refractivity contribution is -0.119. The zero-order valence-electron chi connectivity index (χ0n) is 12.3. The first kappa shape index (κ1) is 14.8. The van der Waals surface area contributed by atoms with Crippen LogP contribution in [-0.2, 0) is 9.53 Å². The maximum atomic E-state index is 11.0. The number of nitrogens with one attached hydrogen (secondary N) is 2. The second-order valence-electron chi connectivity index (χ2n) is 5.98. The van der Waals surface area contributed by atoms with E-state index < -0.39 is 0 Å². The molecule has 2 rings (SSSR count). The maximum absolute atomic E-state index is 11.0. The van der Waals surface area contributed by atoms with Gasteiger partial charge in [0.15, 0.2) is 0 Å². The van der Waals surface area contributed by atoms with Gasteiger partial charge in [-0.1, -0.05) is 6.92 Å². The number of amides is 1. The first-order valence-electron chi connectivity index (χ1n) is 7.83. The summed E-state index contributed by atoms with van der Waals surface area (Å²) >= 11 is 0. The highest BCUT2D eigenvalue weighted by Crippen LogP contribution is 2.23. The van der Waals surface area contributed by atoms with Crippen molar-refractivity contribution in [3.63, 3.8) is 0 Å². The van der Waals surface area contributed by atoms with Crippen molar-refractivity contribution in [2.75, 3.05) is 6.61 Å². The van der Waals surface area contributed by atoms with E-state index in [0.717, 1.165) is 38.7 Å². The van der Waals surface area contributed by atoms with Crippen LogP contribution in [-0.4, -0.2) is 36.7 Å². The van der Waals surface area contributed by atoms with Gasteiger partial charge in [-0.3, -0.25) is 4.79 Å². The largest absolute Gasteiger partial charge is 0.377 e. The molecule has 2 aliphatic rings. The first-order valence-corrected chi connectivity index (χ1v) is 7.83. The normalized spacial score (nSPS) is 33.1. The SMILES string of the molecule is CC[C@@H](NC1CCC(NC(C)=O)CC1)[C@H]1CCCO1. The van der Waals surface area contributed by atoms with Gasteiger partial charge in [0.2, 0.25) is 5.91 Å². The van der Waals surface area contributed by atoms with Crippen LogP contribution >= 0.6 is 0 Å². The Bertz CT molecular complexity index is 282. The number of carbonyl (C=O) groups is 1.